The van der Waals surface area contributed by atoms with E-state index >= 15 is 0 Å². The van der Waals surface area contributed by atoms with Crippen molar-refractivity contribution in [2.24, 2.45) is 11.8 Å². The third-order valence-corrected chi connectivity index (χ3v) is 7.76. The van der Waals surface area contributed by atoms with Crippen LogP contribution < -0.4 is 26.0 Å². The fourth-order valence-corrected chi connectivity index (χ4v) is 5.01. The molecule has 2 aromatic carbocycles. The number of carbonyl (C=O) groups is 5. The molecule has 0 spiro atoms. The summed E-state index contributed by atoms with van der Waals surface area (Å²) in [5.74, 6) is -1.92. The van der Waals surface area contributed by atoms with Crippen LogP contribution in [0.1, 0.15) is 52.2 Å². The number of ether oxygens (including phenoxy) is 1. The number of hydrogen-bond acceptors (Lipinski definition) is 6. The Kier molecular flexibility index (Phi) is 13.3. The molecule has 1 aliphatic heterocycles. The first-order valence-electron chi connectivity index (χ1n) is 15.7. The van der Waals surface area contributed by atoms with Crippen molar-refractivity contribution in [3.63, 3.8) is 0 Å². The Morgan fingerprint density at radius 2 is 1.52 bits per heavy atom. The van der Waals surface area contributed by atoms with Gasteiger partial charge in [-0.05, 0) is 54.5 Å². The van der Waals surface area contributed by atoms with Crippen molar-refractivity contribution >= 4 is 35.6 Å². The molecular weight excluding hydrogens is 586 g/mol. The lowest BCUT2D eigenvalue weighted by atomic mass is 10.0. The van der Waals surface area contributed by atoms with E-state index in [-0.39, 0.29) is 31.3 Å². The zero-order valence-corrected chi connectivity index (χ0v) is 27.5. The largest absolute Gasteiger partial charge is 0.497 e. The Labute approximate surface area is 271 Å². The van der Waals surface area contributed by atoms with Crippen molar-refractivity contribution in [2.45, 2.75) is 71.6 Å². The Morgan fingerprint density at radius 1 is 0.870 bits per heavy atom. The second-order valence-corrected chi connectivity index (χ2v) is 12.4. The second-order valence-electron chi connectivity index (χ2n) is 12.4. The van der Waals surface area contributed by atoms with E-state index < -0.39 is 53.7 Å². The topological polar surface area (TPSA) is 146 Å². The molecule has 0 aliphatic carbocycles. The van der Waals surface area contributed by atoms with Crippen molar-refractivity contribution in [3.05, 3.63) is 71.8 Å². The molecule has 4 atom stereocenters. The maximum absolute atomic E-state index is 13.6. The highest BCUT2D eigenvalue weighted by Crippen LogP contribution is 2.14. The molecular formula is C35H47N5O6. The van der Waals surface area contributed by atoms with Gasteiger partial charge in [-0.1, -0.05) is 70.2 Å². The Balaban J connectivity index is 1.95. The van der Waals surface area contributed by atoms with Gasteiger partial charge in [0.25, 0.3) is 0 Å². The highest BCUT2D eigenvalue weighted by atomic mass is 16.5. The van der Waals surface area contributed by atoms with Gasteiger partial charge in [0.1, 0.15) is 23.9 Å². The molecule has 248 valence electrons. The summed E-state index contributed by atoms with van der Waals surface area (Å²) < 4.78 is 5.23. The van der Waals surface area contributed by atoms with Crippen LogP contribution in [0.5, 0.6) is 5.75 Å². The number of amides is 5. The van der Waals surface area contributed by atoms with Crippen molar-refractivity contribution in [3.8, 4) is 5.75 Å². The van der Waals surface area contributed by atoms with Crippen LogP contribution in [0.3, 0.4) is 0 Å². The first-order valence-corrected chi connectivity index (χ1v) is 15.7. The third kappa shape index (κ3) is 11.0. The predicted molar refractivity (Wildman–Crippen MR) is 176 cm³/mol. The van der Waals surface area contributed by atoms with Gasteiger partial charge in [0.05, 0.1) is 13.7 Å². The van der Waals surface area contributed by atoms with Gasteiger partial charge in [-0.2, -0.15) is 0 Å². The van der Waals surface area contributed by atoms with Crippen LogP contribution in [0.2, 0.25) is 0 Å². The van der Waals surface area contributed by atoms with Gasteiger partial charge in [0.15, 0.2) is 0 Å². The van der Waals surface area contributed by atoms with Crippen LogP contribution in [0.25, 0.3) is 6.08 Å². The summed E-state index contributed by atoms with van der Waals surface area (Å²) in [5, 5.41) is 11.3. The number of methoxy groups -OCH3 is 1. The smallest absolute Gasteiger partial charge is 0.247 e. The lowest BCUT2D eigenvalue weighted by Gasteiger charge is -2.30. The van der Waals surface area contributed by atoms with E-state index in [0.717, 1.165) is 11.1 Å². The number of rotatable bonds is 8. The molecule has 1 heterocycles. The van der Waals surface area contributed by atoms with Gasteiger partial charge in [-0.25, -0.2) is 0 Å². The van der Waals surface area contributed by atoms with E-state index in [0.29, 0.717) is 12.2 Å². The Hall–Kier alpha value is -4.67. The highest BCUT2D eigenvalue weighted by molar-refractivity contribution is 5.97. The summed E-state index contributed by atoms with van der Waals surface area (Å²) in [7, 11) is 1.55. The summed E-state index contributed by atoms with van der Waals surface area (Å²) in [6, 6.07) is 12.9. The zero-order chi connectivity index (χ0) is 33.8. The van der Waals surface area contributed by atoms with E-state index in [4.69, 9.17) is 4.74 Å². The van der Waals surface area contributed by atoms with Crippen LogP contribution in [0, 0.1) is 11.8 Å². The molecule has 1 fully saturated rings. The molecule has 0 aromatic heterocycles. The lowest BCUT2D eigenvalue weighted by Crippen LogP contribution is -2.57. The SMILES string of the molecule is COc1ccc(C[C@@H]2NC(=O)[C@H](CC(C)C)NC(=O)CN(C(=O)/C=C/c3ccccc3)C[C@H](C(C)C)NC(=O)[C@@H](C)NC2=O)cc1. The molecule has 5 amide bonds. The van der Waals surface area contributed by atoms with Crippen molar-refractivity contribution < 1.29 is 28.7 Å². The average molecular weight is 634 g/mol. The van der Waals surface area contributed by atoms with Gasteiger partial charge in [-0.3, -0.25) is 24.0 Å². The standard InChI is InChI=1S/C35H47N5O6/c1-22(2)18-28-35(45)38-29(19-26-12-15-27(46-6)16-13-26)34(44)36-24(5)33(43)39-30(23(3)4)20-40(21-31(41)37-28)32(42)17-14-25-10-8-7-9-11-25/h7-17,22-24,28-30H,18-21H2,1-6H3,(H,36,44)(H,37,41)(H,38,45)(H,39,43)/b17-14+/t24-,28+,29+,30-/m1/s1. The van der Waals surface area contributed by atoms with E-state index in [1.807, 2.05) is 58.0 Å². The molecule has 0 unspecified atom stereocenters. The molecule has 0 saturated carbocycles. The van der Waals surface area contributed by atoms with Crippen LogP contribution in [0.4, 0.5) is 0 Å². The van der Waals surface area contributed by atoms with Crippen molar-refractivity contribution in [2.75, 3.05) is 20.2 Å². The minimum atomic E-state index is -1.03. The Morgan fingerprint density at radius 3 is 2.13 bits per heavy atom. The summed E-state index contributed by atoms with van der Waals surface area (Å²) in [4.78, 5) is 68.8. The van der Waals surface area contributed by atoms with E-state index in [9.17, 15) is 24.0 Å². The van der Waals surface area contributed by atoms with Gasteiger partial charge >= 0.3 is 0 Å². The Bertz CT molecular complexity index is 1380. The molecule has 11 nitrogen and oxygen atoms in total. The number of nitrogens with one attached hydrogen (secondary N) is 4. The molecule has 46 heavy (non-hydrogen) atoms. The van der Waals surface area contributed by atoms with Gasteiger partial charge in [-0.15, -0.1) is 0 Å². The molecule has 1 saturated heterocycles. The molecule has 11 heteroatoms. The first-order chi connectivity index (χ1) is 21.9. The number of benzene rings is 2. The number of nitrogens with zero attached hydrogens (tertiary/aromatic N) is 1. The third-order valence-electron chi connectivity index (χ3n) is 7.76. The van der Waals surface area contributed by atoms with Gasteiger partial charge in [0.2, 0.25) is 29.5 Å². The fourth-order valence-electron chi connectivity index (χ4n) is 5.01. The molecule has 3 rings (SSSR count). The summed E-state index contributed by atoms with van der Waals surface area (Å²) in [6.45, 7) is 8.92. The summed E-state index contributed by atoms with van der Waals surface area (Å²) in [6.07, 6.45) is 3.50. The highest BCUT2D eigenvalue weighted by Gasteiger charge is 2.32. The minimum Gasteiger partial charge on any atom is -0.497 e. The monoisotopic (exact) mass is 633 g/mol. The lowest BCUT2D eigenvalue weighted by molar-refractivity contribution is -0.135. The molecule has 2 aromatic rings. The summed E-state index contributed by atoms with van der Waals surface area (Å²) in [5.41, 5.74) is 1.58. The van der Waals surface area contributed by atoms with E-state index in [1.54, 1.807) is 44.4 Å². The van der Waals surface area contributed by atoms with Crippen molar-refractivity contribution in [1.29, 1.82) is 0 Å². The van der Waals surface area contributed by atoms with Crippen LogP contribution in [-0.2, 0) is 30.4 Å². The van der Waals surface area contributed by atoms with Gasteiger partial charge < -0.3 is 30.9 Å². The predicted octanol–water partition coefficient (Wildman–Crippen LogP) is 2.45. The number of hydrogen-bond donors (Lipinski definition) is 4. The zero-order valence-electron chi connectivity index (χ0n) is 27.5. The van der Waals surface area contributed by atoms with Gasteiger partial charge in [0, 0.05) is 25.1 Å². The fraction of sp³-hybridized carbons (Fsp3) is 0.457. The quantitative estimate of drug-likeness (QED) is 0.329. The average Bonchev–Trinajstić information content (AvgIpc) is 3.02. The molecule has 4 N–H and O–H groups in total. The maximum Gasteiger partial charge on any atom is 0.247 e. The first kappa shape index (κ1) is 35.8. The van der Waals surface area contributed by atoms with Crippen LogP contribution in [0.15, 0.2) is 60.7 Å². The second kappa shape index (κ2) is 17.1. The number of carbonyl (C=O) groups excluding carboxylic acids is 5. The molecule has 1 aliphatic rings. The van der Waals surface area contributed by atoms with E-state index in [2.05, 4.69) is 21.3 Å². The normalized spacial score (nSPS) is 22.0. The molecule has 0 radical (unpaired) electrons. The minimum absolute atomic E-state index is 0.0331. The van der Waals surface area contributed by atoms with Crippen LogP contribution in [-0.4, -0.2) is 78.8 Å². The molecule has 0 bridgehead atoms. The van der Waals surface area contributed by atoms with Crippen LogP contribution >= 0.6 is 0 Å². The van der Waals surface area contributed by atoms with E-state index in [1.165, 1.54) is 11.0 Å². The maximum atomic E-state index is 13.6. The summed E-state index contributed by atoms with van der Waals surface area (Å²) >= 11 is 0. The van der Waals surface area contributed by atoms with Crippen molar-refractivity contribution in [1.82, 2.24) is 26.2 Å².